The lowest BCUT2D eigenvalue weighted by atomic mass is 9.91. The highest BCUT2D eigenvalue weighted by Gasteiger charge is 2.20. The number of nitrogens with one attached hydrogen (secondary N) is 1. The Hall–Kier alpha value is -1.33. The zero-order chi connectivity index (χ0) is 13.8. The van der Waals surface area contributed by atoms with Crippen LogP contribution in [0, 0.1) is 5.82 Å². The average Bonchev–Trinajstić information content (AvgIpc) is 2.41. The Morgan fingerprint density at radius 3 is 2.55 bits per heavy atom. The summed E-state index contributed by atoms with van der Waals surface area (Å²) >= 11 is 0. The Kier molecular flexibility index (Phi) is 6.23. The van der Waals surface area contributed by atoms with Crippen LogP contribution in [0.3, 0.4) is 0 Å². The van der Waals surface area contributed by atoms with Gasteiger partial charge in [0.1, 0.15) is 0 Å². The van der Waals surface area contributed by atoms with Crippen LogP contribution in [0.2, 0.25) is 0 Å². The molecule has 0 saturated heterocycles. The zero-order valence-corrected chi connectivity index (χ0v) is 12.2. The number of carbonyl (C=O) groups is 1. The summed E-state index contributed by atoms with van der Waals surface area (Å²) in [6.45, 7) is 0. The molecule has 1 amide bonds. The van der Waals surface area contributed by atoms with Gasteiger partial charge >= 0.3 is 0 Å². The van der Waals surface area contributed by atoms with Crippen molar-refractivity contribution in [2.75, 3.05) is 7.11 Å². The SMILES string of the molecule is COc1ccc(C(=O)NC2CCC(N)CC2)cc1F.Cl. The molecule has 1 saturated carbocycles. The van der Waals surface area contributed by atoms with Gasteiger partial charge in [0.25, 0.3) is 5.91 Å². The first-order chi connectivity index (χ1) is 9.10. The molecule has 0 heterocycles. The van der Waals surface area contributed by atoms with Crippen LogP contribution in [0.4, 0.5) is 4.39 Å². The van der Waals surface area contributed by atoms with Gasteiger partial charge in [-0.2, -0.15) is 0 Å². The Balaban J connectivity index is 0.00000200. The van der Waals surface area contributed by atoms with Gasteiger partial charge in [0.2, 0.25) is 0 Å². The van der Waals surface area contributed by atoms with E-state index in [4.69, 9.17) is 10.5 Å². The van der Waals surface area contributed by atoms with Crippen LogP contribution in [0.1, 0.15) is 36.0 Å². The number of halogens is 2. The molecule has 0 spiro atoms. The number of nitrogens with two attached hydrogens (primary N) is 1. The van der Waals surface area contributed by atoms with Crippen LogP contribution in [0.15, 0.2) is 18.2 Å². The van der Waals surface area contributed by atoms with Crippen molar-refractivity contribution in [3.63, 3.8) is 0 Å². The Morgan fingerprint density at radius 2 is 2.00 bits per heavy atom. The van der Waals surface area contributed by atoms with Crippen molar-refractivity contribution in [2.24, 2.45) is 5.73 Å². The minimum atomic E-state index is -0.527. The van der Waals surface area contributed by atoms with Gasteiger partial charge in [-0.25, -0.2) is 4.39 Å². The van der Waals surface area contributed by atoms with Crippen molar-refractivity contribution in [2.45, 2.75) is 37.8 Å². The second-order valence-electron chi connectivity index (χ2n) is 4.93. The standard InChI is InChI=1S/C14H19FN2O2.ClH/c1-19-13-7-2-9(8-12(13)15)14(18)17-11-5-3-10(16)4-6-11;/h2,7-8,10-11H,3-6,16H2,1H3,(H,17,18);1H. The molecule has 0 bridgehead atoms. The number of amides is 1. The van der Waals surface area contributed by atoms with Crippen LogP contribution in [-0.2, 0) is 0 Å². The maximum Gasteiger partial charge on any atom is 0.251 e. The number of carbonyl (C=O) groups excluding carboxylic acids is 1. The molecule has 0 aliphatic heterocycles. The van der Waals surface area contributed by atoms with Gasteiger partial charge in [-0.05, 0) is 43.9 Å². The third-order valence-electron chi connectivity index (χ3n) is 3.52. The third-order valence-corrected chi connectivity index (χ3v) is 3.52. The maximum absolute atomic E-state index is 13.5. The fourth-order valence-electron chi connectivity index (χ4n) is 2.34. The zero-order valence-electron chi connectivity index (χ0n) is 11.4. The lowest BCUT2D eigenvalue weighted by Crippen LogP contribution is -2.40. The van der Waals surface area contributed by atoms with Gasteiger partial charge in [0.15, 0.2) is 11.6 Å². The molecular weight excluding hydrogens is 283 g/mol. The molecule has 6 heteroatoms. The number of hydrogen-bond acceptors (Lipinski definition) is 3. The fourth-order valence-corrected chi connectivity index (χ4v) is 2.34. The van der Waals surface area contributed by atoms with Crippen LogP contribution in [0.5, 0.6) is 5.75 Å². The van der Waals surface area contributed by atoms with Crippen LogP contribution in [0.25, 0.3) is 0 Å². The first kappa shape index (κ1) is 16.7. The highest BCUT2D eigenvalue weighted by Crippen LogP contribution is 2.20. The summed E-state index contributed by atoms with van der Waals surface area (Å²) in [4.78, 5) is 12.0. The van der Waals surface area contributed by atoms with Crippen molar-refractivity contribution in [3.8, 4) is 5.75 Å². The molecular formula is C14H20ClFN2O2. The number of benzene rings is 1. The van der Waals surface area contributed by atoms with Crippen molar-refractivity contribution in [1.82, 2.24) is 5.32 Å². The molecule has 1 aliphatic rings. The summed E-state index contributed by atoms with van der Waals surface area (Å²) in [6, 6.07) is 4.60. The quantitative estimate of drug-likeness (QED) is 0.900. The van der Waals surface area contributed by atoms with E-state index < -0.39 is 5.82 Å². The van der Waals surface area contributed by atoms with Crippen molar-refractivity contribution < 1.29 is 13.9 Å². The van der Waals surface area contributed by atoms with Crippen LogP contribution in [-0.4, -0.2) is 25.1 Å². The summed E-state index contributed by atoms with van der Waals surface area (Å²) in [7, 11) is 1.39. The molecule has 4 nitrogen and oxygen atoms in total. The topological polar surface area (TPSA) is 64.3 Å². The van der Waals surface area contributed by atoms with E-state index in [1.165, 1.54) is 19.2 Å². The smallest absolute Gasteiger partial charge is 0.251 e. The molecule has 0 radical (unpaired) electrons. The van der Waals surface area contributed by atoms with Gasteiger partial charge in [-0.1, -0.05) is 0 Å². The normalized spacial score (nSPS) is 21.8. The fraction of sp³-hybridized carbons (Fsp3) is 0.500. The molecule has 0 unspecified atom stereocenters. The summed E-state index contributed by atoms with van der Waals surface area (Å²) < 4.78 is 18.3. The van der Waals surface area contributed by atoms with Gasteiger partial charge in [-0.15, -0.1) is 12.4 Å². The van der Waals surface area contributed by atoms with E-state index in [0.29, 0.717) is 5.56 Å². The molecule has 20 heavy (non-hydrogen) atoms. The molecule has 0 aromatic heterocycles. The minimum absolute atomic E-state index is 0. The summed E-state index contributed by atoms with van der Waals surface area (Å²) in [5.74, 6) is -0.636. The highest BCUT2D eigenvalue weighted by atomic mass is 35.5. The second-order valence-corrected chi connectivity index (χ2v) is 4.93. The molecule has 1 aliphatic carbocycles. The molecule has 3 N–H and O–H groups in total. The van der Waals surface area contributed by atoms with Crippen LogP contribution < -0.4 is 15.8 Å². The Bertz CT molecular complexity index is 462. The molecule has 1 aromatic rings. The van der Waals surface area contributed by atoms with Gasteiger partial charge < -0.3 is 15.8 Å². The predicted molar refractivity (Wildman–Crippen MR) is 77.9 cm³/mol. The van der Waals surface area contributed by atoms with E-state index in [1.807, 2.05) is 0 Å². The molecule has 0 atom stereocenters. The largest absolute Gasteiger partial charge is 0.494 e. The molecule has 112 valence electrons. The van der Waals surface area contributed by atoms with Crippen molar-refractivity contribution >= 4 is 18.3 Å². The first-order valence-corrected chi connectivity index (χ1v) is 6.50. The monoisotopic (exact) mass is 302 g/mol. The summed E-state index contributed by atoms with van der Waals surface area (Å²) in [5, 5.41) is 2.92. The first-order valence-electron chi connectivity index (χ1n) is 6.50. The summed E-state index contributed by atoms with van der Waals surface area (Å²) in [5.41, 5.74) is 6.13. The molecule has 1 fully saturated rings. The number of methoxy groups -OCH3 is 1. The van der Waals surface area contributed by atoms with Gasteiger partial charge in [-0.3, -0.25) is 4.79 Å². The van der Waals surface area contributed by atoms with Gasteiger partial charge in [0, 0.05) is 17.6 Å². The third kappa shape index (κ3) is 4.08. The second kappa shape index (κ2) is 7.45. The van der Waals surface area contributed by atoms with E-state index in [1.54, 1.807) is 6.07 Å². The average molecular weight is 303 g/mol. The number of ether oxygens (including phenoxy) is 1. The summed E-state index contributed by atoms with van der Waals surface area (Å²) in [6.07, 6.45) is 3.60. The highest BCUT2D eigenvalue weighted by molar-refractivity contribution is 5.94. The van der Waals surface area contributed by atoms with Crippen molar-refractivity contribution in [3.05, 3.63) is 29.6 Å². The van der Waals surface area contributed by atoms with E-state index in [0.717, 1.165) is 25.7 Å². The van der Waals surface area contributed by atoms with E-state index >= 15 is 0 Å². The Morgan fingerprint density at radius 1 is 1.35 bits per heavy atom. The number of rotatable bonds is 3. The molecule has 1 aromatic carbocycles. The lowest BCUT2D eigenvalue weighted by molar-refractivity contribution is 0.0925. The minimum Gasteiger partial charge on any atom is -0.494 e. The van der Waals surface area contributed by atoms with Crippen molar-refractivity contribution in [1.29, 1.82) is 0 Å². The maximum atomic E-state index is 13.5. The van der Waals surface area contributed by atoms with Crippen LogP contribution >= 0.6 is 12.4 Å². The van der Waals surface area contributed by atoms with Gasteiger partial charge in [0.05, 0.1) is 7.11 Å². The van der Waals surface area contributed by atoms with E-state index in [-0.39, 0.29) is 36.1 Å². The molecule has 2 rings (SSSR count). The van der Waals surface area contributed by atoms with E-state index in [2.05, 4.69) is 5.32 Å². The lowest BCUT2D eigenvalue weighted by Gasteiger charge is -2.26. The Labute approximate surface area is 124 Å². The predicted octanol–water partition coefficient (Wildman–Crippen LogP) is 2.26. The van der Waals surface area contributed by atoms with E-state index in [9.17, 15) is 9.18 Å². The number of hydrogen-bond donors (Lipinski definition) is 2.